The number of hydrogen-bond donors (Lipinski definition) is 1. The molecule has 4 rings (SSSR count). The van der Waals surface area contributed by atoms with Crippen LogP contribution in [-0.2, 0) is 33.6 Å². The highest BCUT2D eigenvalue weighted by molar-refractivity contribution is 7.91. The molecule has 1 unspecified atom stereocenters. The molecule has 40 heavy (non-hydrogen) atoms. The third-order valence-corrected chi connectivity index (χ3v) is 9.45. The van der Waals surface area contributed by atoms with Crippen LogP contribution in [0.4, 0.5) is 4.79 Å². The van der Waals surface area contributed by atoms with Crippen LogP contribution in [0.5, 0.6) is 0 Å². The van der Waals surface area contributed by atoms with Crippen LogP contribution in [0, 0.1) is 11.8 Å². The monoisotopic (exact) mass is 597 g/mol. The third-order valence-electron chi connectivity index (χ3n) is 7.18. The summed E-state index contributed by atoms with van der Waals surface area (Å²) in [4.78, 5) is 45.1. The summed E-state index contributed by atoms with van der Waals surface area (Å²) in [5, 5.41) is 10.2. The second-order valence-electron chi connectivity index (χ2n) is 10.3. The van der Waals surface area contributed by atoms with Crippen molar-refractivity contribution in [2.24, 2.45) is 11.8 Å². The number of carbonyl (C=O) groups is 3. The van der Waals surface area contributed by atoms with E-state index in [4.69, 9.17) is 14.2 Å². The van der Waals surface area contributed by atoms with Crippen LogP contribution in [0.2, 0.25) is 0 Å². The van der Waals surface area contributed by atoms with Crippen molar-refractivity contribution in [3.8, 4) is 0 Å². The Balaban J connectivity index is 1.63. The third kappa shape index (κ3) is 5.48. The van der Waals surface area contributed by atoms with E-state index in [9.17, 15) is 27.9 Å². The zero-order chi connectivity index (χ0) is 29.5. The summed E-state index contributed by atoms with van der Waals surface area (Å²) < 4.78 is 42.0. The first-order chi connectivity index (χ1) is 18.8. The van der Waals surface area contributed by atoms with Gasteiger partial charge < -0.3 is 24.2 Å². The minimum absolute atomic E-state index is 0.0311. The smallest absolute Gasteiger partial charge is 0.431 e. The van der Waals surface area contributed by atoms with Gasteiger partial charge in [-0.2, -0.15) is 0 Å². The molecule has 1 N–H and O–H groups in total. The molecule has 2 aromatic heterocycles. The van der Waals surface area contributed by atoms with Crippen LogP contribution in [0.15, 0.2) is 23.2 Å². The van der Waals surface area contributed by atoms with E-state index in [1.165, 1.54) is 25.1 Å². The number of aromatic nitrogens is 2. The van der Waals surface area contributed by atoms with Gasteiger partial charge in [0, 0.05) is 30.9 Å². The maximum Gasteiger partial charge on any atom is 0.511 e. The van der Waals surface area contributed by atoms with Crippen LogP contribution < -0.4 is 0 Å². The lowest BCUT2D eigenvalue weighted by Crippen LogP contribution is -2.63. The van der Waals surface area contributed by atoms with E-state index in [0.29, 0.717) is 28.1 Å². The number of aliphatic hydroxyl groups is 1. The number of rotatable bonds is 11. The van der Waals surface area contributed by atoms with Crippen LogP contribution in [0.25, 0.3) is 10.4 Å². The zero-order valence-electron chi connectivity index (χ0n) is 23.3. The summed E-state index contributed by atoms with van der Waals surface area (Å²) in [6.45, 7) is 8.69. The van der Waals surface area contributed by atoms with Gasteiger partial charge in [0.1, 0.15) is 23.0 Å². The molecule has 14 heteroatoms. The van der Waals surface area contributed by atoms with Gasteiger partial charge >= 0.3 is 12.1 Å². The molecule has 0 bridgehead atoms. The SMILES string of the molecule is CCCC(CCC)OC(=O)OC(C)OC(=O)C1=C(c2cn3cnc(S(C)(=O)=O)c3s2)[C@H](C)[C@@H]2[C@@H]([C@@H](C)O)C(=O)N12. The Hall–Kier alpha value is -2.97. The molecule has 0 saturated carbocycles. The molecule has 0 radical (unpaired) electrons. The largest absolute Gasteiger partial charge is 0.511 e. The van der Waals surface area contributed by atoms with Crippen LogP contribution in [0.1, 0.15) is 65.2 Å². The Kier molecular flexibility index (Phi) is 8.62. The van der Waals surface area contributed by atoms with Crippen LogP contribution in [0.3, 0.4) is 0 Å². The number of β-lactam (4-membered cyclic amide) rings is 1. The number of thiazole rings is 1. The number of sulfone groups is 1. The van der Waals surface area contributed by atoms with Gasteiger partial charge in [-0.3, -0.25) is 9.20 Å². The molecule has 1 fully saturated rings. The van der Waals surface area contributed by atoms with Gasteiger partial charge in [-0.15, -0.1) is 11.3 Å². The number of ether oxygens (including phenoxy) is 3. The van der Waals surface area contributed by atoms with Crippen molar-refractivity contribution >= 4 is 49.6 Å². The summed E-state index contributed by atoms with van der Waals surface area (Å²) in [6, 6.07) is -0.496. The Labute approximate surface area is 236 Å². The highest BCUT2D eigenvalue weighted by Gasteiger charge is 2.60. The molecule has 0 spiro atoms. The molecule has 2 aromatic rings. The van der Waals surface area contributed by atoms with Crippen molar-refractivity contribution in [1.29, 1.82) is 0 Å². The summed E-state index contributed by atoms with van der Waals surface area (Å²) in [7, 11) is -3.61. The Morgan fingerprint density at radius 3 is 2.38 bits per heavy atom. The first-order valence-electron chi connectivity index (χ1n) is 13.3. The number of hydrogen-bond acceptors (Lipinski definition) is 11. The van der Waals surface area contributed by atoms with Crippen molar-refractivity contribution in [2.45, 2.75) is 89.9 Å². The lowest BCUT2D eigenvalue weighted by atomic mass is 9.77. The van der Waals surface area contributed by atoms with E-state index in [1.54, 1.807) is 10.6 Å². The molecule has 2 aliphatic heterocycles. The highest BCUT2D eigenvalue weighted by Crippen LogP contribution is 2.52. The van der Waals surface area contributed by atoms with Crippen LogP contribution >= 0.6 is 11.3 Å². The van der Waals surface area contributed by atoms with Crippen molar-refractivity contribution in [3.63, 3.8) is 0 Å². The minimum atomic E-state index is -3.61. The summed E-state index contributed by atoms with van der Waals surface area (Å²) >= 11 is 1.12. The van der Waals surface area contributed by atoms with Gasteiger partial charge in [-0.05, 0) is 19.8 Å². The number of carbonyl (C=O) groups excluding carboxylic acids is 3. The second-order valence-corrected chi connectivity index (χ2v) is 13.3. The number of amides is 1. The molecule has 0 aromatic carbocycles. The van der Waals surface area contributed by atoms with E-state index in [0.717, 1.165) is 30.4 Å². The molecule has 4 heterocycles. The van der Waals surface area contributed by atoms with Crippen molar-refractivity contribution in [3.05, 3.63) is 23.1 Å². The van der Waals surface area contributed by atoms with E-state index in [2.05, 4.69) is 4.98 Å². The van der Waals surface area contributed by atoms with E-state index < -0.39 is 52.2 Å². The topological polar surface area (TPSA) is 154 Å². The second kappa shape index (κ2) is 11.5. The quantitative estimate of drug-likeness (QED) is 0.232. The van der Waals surface area contributed by atoms with Crippen LogP contribution in [-0.4, -0.2) is 76.6 Å². The van der Waals surface area contributed by atoms with Gasteiger partial charge in [0.25, 0.3) is 0 Å². The maximum atomic E-state index is 13.5. The van der Waals surface area contributed by atoms with Gasteiger partial charge in [0.2, 0.25) is 12.2 Å². The van der Waals surface area contributed by atoms with Crippen molar-refractivity contribution in [2.75, 3.05) is 6.26 Å². The minimum Gasteiger partial charge on any atom is -0.431 e. The first-order valence-corrected chi connectivity index (χ1v) is 16.0. The predicted octanol–water partition coefficient (Wildman–Crippen LogP) is 3.38. The molecule has 5 atom stereocenters. The zero-order valence-corrected chi connectivity index (χ0v) is 25.0. The molecule has 1 amide bonds. The normalized spacial score (nSPS) is 22.4. The molecule has 220 valence electrons. The number of aliphatic hydroxyl groups excluding tert-OH is 1. The van der Waals surface area contributed by atoms with Crippen molar-refractivity contribution in [1.82, 2.24) is 14.3 Å². The maximum absolute atomic E-state index is 13.5. The Morgan fingerprint density at radius 2 is 1.80 bits per heavy atom. The lowest BCUT2D eigenvalue weighted by molar-refractivity contribution is -0.174. The standard InChI is InChI=1S/C26H35N3O9S2/c1-7-9-16(10-8-2)38-26(33)37-15(5)36-25(32)21-18(13(3)20-19(14(4)30)23(31)29(20)21)17-11-28-12-27-22(24(28)39-17)40(6,34)35/h11-16,19-20,30H,7-10H2,1-6H3/t13-,14+,15?,19+,20+/m0/s1. The summed E-state index contributed by atoms with van der Waals surface area (Å²) in [6.07, 6.45) is 3.59. The van der Waals surface area contributed by atoms with E-state index in [-0.39, 0.29) is 22.7 Å². The number of fused-ring (bicyclic) bond motifs is 2. The number of esters is 1. The Bertz CT molecular complexity index is 1440. The van der Waals surface area contributed by atoms with Gasteiger partial charge in [0.05, 0.1) is 22.9 Å². The number of imidazole rings is 1. The Morgan fingerprint density at radius 1 is 1.15 bits per heavy atom. The molecule has 12 nitrogen and oxygen atoms in total. The summed E-state index contributed by atoms with van der Waals surface area (Å²) in [5.74, 6) is -2.42. The van der Waals surface area contributed by atoms with Gasteiger partial charge in [-0.1, -0.05) is 33.6 Å². The average molecular weight is 598 g/mol. The number of nitrogens with zero attached hydrogens (tertiary/aromatic N) is 3. The van der Waals surface area contributed by atoms with Gasteiger partial charge in [0.15, 0.2) is 14.9 Å². The van der Waals surface area contributed by atoms with Crippen molar-refractivity contribution < 1.29 is 42.1 Å². The average Bonchev–Trinajstić information content (AvgIpc) is 3.48. The molecule has 1 saturated heterocycles. The van der Waals surface area contributed by atoms with E-state index in [1.807, 2.05) is 20.8 Å². The predicted molar refractivity (Wildman–Crippen MR) is 145 cm³/mol. The molecular formula is C26H35N3O9S2. The van der Waals surface area contributed by atoms with Gasteiger partial charge in [-0.25, -0.2) is 23.0 Å². The first kappa shape index (κ1) is 30.0. The fourth-order valence-electron chi connectivity index (χ4n) is 5.48. The molecular weight excluding hydrogens is 562 g/mol. The fourth-order valence-corrected chi connectivity index (χ4v) is 7.83. The molecule has 0 aliphatic carbocycles. The highest BCUT2D eigenvalue weighted by atomic mass is 32.2. The van der Waals surface area contributed by atoms with E-state index >= 15 is 0 Å². The molecule has 2 aliphatic rings. The fraction of sp³-hybridized carbons (Fsp3) is 0.615. The lowest BCUT2D eigenvalue weighted by Gasteiger charge is -2.46. The summed E-state index contributed by atoms with van der Waals surface area (Å²) in [5.41, 5.74) is 0.441.